The number of carbonyl (C=O) groups excluding carboxylic acids is 1. The van der Waals surface area contributed by atoms with Crippen LogP contribution in [-0.2, 0) is 6.54 Å². The molecule has 0 bridgehead atoms. The van der Waals surface area contributed by atoms with Crippen molar-refractivity contribution in [2.24, 2.45) is 5.84 Å². The van der Waals surface area contributed by atoms with Crippen LogP contribution in [0.15, 0.2) is 18.3 Å². The molecule has 0 aromatic carbocycles. The van der Waals surface area contributed by atoms with Crippen molar-refractivity contribution in [3.8, 4) is 0 Å². The Bertz CT molecular complexity index is 375. The molecule has 5 nitrogen and oxygen atoms in total. The van der Waals surface area contributed by atoms with Crippen molar-refractivity contribution in [2.75, 3.05) is 6.54 Å². The standard InChI is InChI=1S/C13H22N4O/c1-4-7-17(10(2)3)9-12-6-5-11(8-15-12)13(18)16-14/h5-6,8,10H,4,7,9,14H2,1-3H3,(H,16,18). The predicted molar refractivity (Wildman–Crippen MR) is 71.7 cm³/mol. The van der Waals surface area contributed by atoms with Crippen LogP contribution in [0.3, 0.4) is 0 Å². The molecule has 1 aromatic rings. The molecule has 0 aliphatic carbocycles. The largest absolute Gasteiger partial charge is 0.295 e. The topological polar surface area (TPSA) is 71.2 Å². The van der Waals surface area contributed by atoms with E-state index in [0.29, 0.717) is 11.6 Å². The number of hydrogen-bond acceptors (Lipinski definition) is 4. The maximum atomic E-state index is 11.3. The monoisotopic (exact) mass is 250 g/mol. The van der Waals surface area contributed by atoms with E-state index in [0.717, 1.165) is 25.2 Å². The molecule has 0 aliphatic rings. The summed E-state index contributed by atoms with van der Waals surface area (Å²) < 4.78 is 0. The minimum atomic E-state index is -0.316. The Morgan fingerprint density at radius 2 is 2.22 bits per heavy atom. The molecular weight excluding hydrogens is 228 g/mol. The van der Waals surface area contributed by atoms with E-state index >= 15 is 0 Å². The van der Waals surface area contributed by atoms with Crippen molar-refractivity contribution in [1.82, 2.24) is 15.3 Å². The first-order chi connectivity index (χ1) is 8.58. The third-order valence-corrected chi connectivity index (χ3v) is 2.82. The van der Waals surface area contributed by atoms with Gasteiger partial charge in [-0.2, -0.15) is 0 Å². The number of nitrogens with zero attached hydrogens (tertiary/aromatic N) is 2. The first-order valence-electron chi connectivity index (χ1n) is 6.28. The highest BCUT2D eigenvalue weighted by atomic mass is 16.2. The van der Waals surface area contributed by atoms with Gasteiger partial charge in [-0.1, -0.05) is 6.92 Å². The molecule has 0 spiro atoms. The van der Waals surface area contributed by atoms with Crippen molar-refractivity contribution < 1.29 is 4.79 Å². The number of rotatable bonds is 6. The van der Waals surface area contributed by atoms with E-state index < -0.39 is 0 Å². The van der Waals surface area contributed by atoms with E-state index in [4.69, 9.17) is 5.84 Å². The highest BCUT2D eigenvalue weighted by Gasteiger charge is 2.10. The van der Waals surface area contributed by atoms with Crippen molar-refractivity contribution >= 4 is 5.91 Å². The minimum Gasteiger partial charge on any atom is -0.295 e. The third-order valence-electron chi connectivity index (χ3n) is 2.82. The zero-order chi connectivity index (χ0) is 13.5. The quantitative estimate of drug-likeness (QED) is 0.453. The number of nitrogens with one attached hydrogen (secondary N) is 1. The summed E-state index contributed by atoms with van der Waals surface area (Å²) in [6, 6.07) is 4.10. The molecule has 0 unspecified atom stereocenters. The maximum Gasteiger partial charge on any atom is 0.266 e. The molecule has 5 heteroatoms. The van der Waals surface area contributed by atoms with Gasteiger partial charge in [0.25, 0.3) is 5.91 Å². The van der Waals surface area contributed by atoms with Crippen LogP contribution in [0.25, 0.3) is 0 Å². The molecule has 1 amide bonds. The number of pyridine rings is 1. The van der Waals surface area contributed by atoms with Gasteiger partial charge in [-0.15, -0.1) is 0 Å². The van der Waals surface area contributed by atoms with Gasteiger partial charge >= 0.3 is 0 Å². The van der Waals surface area contributed by atoms with E-state index in [-0.39, 0.29) is 5.91 Å². The average molecular weight is 250 g/mol. The predicted octanol–water partition coefficient (Wildman–Crippen LogP) is 1.31. The van der Waals surface area contributed by atoms with E-state index in [9.17, 15) is 4.79 Å². The average Bonchev–Trinajstić information content (AvgIpc) is 2.38. The van der Waals surface area contributed by atoms with Gasteiger partial charge in [0.05, 0.1) is 11.3 Å². The summed E-state index contributed by atoms with van der Waals surface area (Å²) >= 11 is 0. The summed E-state index contributed by atoms with van der Waals surface area (Å²) in [6.07, 6.45) is 2.67. The number of hydrogen-bond donors (Lipinski definition) is 2. The molecule has 3 N–H and O–H groups in total. The van der Waals surface area contributed by atoms with E-state index in [1.807, 2.05) is 6.07 Å². The number of hydrazine groups is 1. The fraction of sp³-hybridized carbons (Fsp3) is 0.538. The molecule has 1 rings (SSSR count). The van der Waals surface area contributed by atoms with E-state index in [1.165, 1.54) is 0 Å². The molecule has 1 aromatic heterocycles. The van der Waals surface area contributed by atoms with Crippen molar-refractivity contribution in [1.29, 1.82) is 0 Å². The van der Waals surface area contributed by atoms with Crippen molar-refractivity contribution in [3.05, 3.63) is 29.6 Å². The molecule has 0 saturated heterocycles. The molecule has 100 valence electrons. The lowest BCUT2D eigenvalue weighted by Crippen LogP contribution is -2.32. The Balaban J connectivity index is 2.70. The number of aromatic nitrogens is 1. The van der Waals surface area contributed by atoms with Crippen LogP contribution >= 0.6 is 0 Å². The van der Waals surface area contributed by atoms with Gasteiger partial charge in [-0.05, 0) is 38.9 Å². The van der Waals surface area contributed by atoms with Crippen LogP contribution in [-0.4, -0.2) is 28.4 Å². The number of carbonyl (C=O) groups is 1. The highest BCUT2D eigenvalue weighted by molar-refractivity contribution is 5.93. The van der Waals surface area contributed by atoms with Crippen molar-refractivity contribution in [2.45, 2.75) is 39.8 Å². The minimum absolute atomic E-state index is 0.316. The molecular formula is C13H22N4O. The first kappa shape index (κ1) is 14.6. The summed E-state index contributed by atoms with van der Waals surface area (Å²) in [6.45, 7) is 8.36. The molecule has 18 heavy (non-hydrogen) atoms. The second-order valence-corrected chi connectivity index (χ2v) is 4.58. The number of nitrogens with two attached hydrogens (primary N) is 1. The molecule has 0 atom stereocenters. The van der Waals surface area contributed by atoms with Crippen LogP contribution in [0.2, 0.25) is 0 Å². The normalized spacial score (nSPS) is 11.0. The number of amides is 1. The van der Waals surface area contributed by atoms with E-state index in [2.05, 4.69) is 36.1 Å². The lowest BCUT2D eigenvalue weighted by molar-refractivity contribution is 0.0953. The lowest BCUT2D eigenvalue weighted by Gasteiger charge is -2.25. The zero-order valence-corrected chi connectivity index (χ0v) is 11.3. The highest BCUT2D eigenvalue weighted by Crippen LogP contribution is 2.08. The maximum absolute atomic E-state index is 11.3. The molecule has 0 saturated carbocycles. The van der Waals surface area contributed by atoms with Gasteiger partial charge in [-0.25, -0.2) is 5.84 Å². The second kappa shape index (κ2) is 7.08. The van der Waals surface area contributed by atoms with Gasteiger partial charge in [-0.3, -0.25) is 20.1 Å². The number of nitrogen functional groups attached to an aromatic ring is 1. The molecule has 0 fully saturated rings. The SMILES string of the molecule is CCCN(Cc1ccc(C(=O)NN)cn1)C(C)C. The van der Waals surface area contributed by atoms with E-state index in [1.54, 1.807) is 12.3 Å². The summed E-state index contributed by atoms with van der Waals surface area (Å²) in [5.74, 6) is 4.75. The Kier molecular flexibility index (Phi) is 5.74. The summed E-state index contributed by atoms with van der Waals surface area (Å²) in [4.78, 5) is 17.9. The van der Waals surface area contributed by atoms with Crippen LogP contribution in [0, 0.1) is 0 Å². The van der Waals surface area contributed by atoms with Crippen LogP contribution in [0.1, 0.15) is 43.2 Å². The van der Waals surface area contributed by atoms with Gasteiger partial charge < -0.3 is 0 Å². The molecule has 0 aliphatic heterocycles. The Labute approximate surface area is 108 Å². The summed E-state index contributed by atoms with van der Waals surface area (Å²) in [7, 11) is 0. The zero-order valence-electron chi connectivity index (χ0n) is 11.3. The third kappa shape index (κ3) is 4.09. The second-order valence-electron chi connectivity index (χ2n) is 4.58. The van der Waals surface area contributed by atoms with Crippen molar-refractivity contribution in [3.63, 3.8) is 0 Å². The Morgan fingerprint density at radius 1 is 1.50 bits per heavy atom. The summed E-state index contributed by atoms with van der Waals surface area (Å²) in [5, 5.41) is 0. The smallest absolute Gasteiger partial charge is 0.266 e. The summed E-state index contributed by atoms with van der Waals surface area (Å²) in [5.41, 5.74) is 3.53. The van der Waals surface area contributed by atoms with Crippen LogP contribution in [0.4, 0.5) is 0 Å². The van der Waals surface area contributed by atoms with Gasteiger partial charge in [0.1, 0.15) is 0 Å². The van der Waals surface area contributed by atoms with Crippen LogP contribution in [0.5, 0.6) is 0 Å². The first-order valence-corrected chi connectivity index (χ1v) is 6.28. The Morgan fingerprint density at radius 3 is 2.67 bits per heavy atom. The van der Waals surface area contributed by atoms with Crippen LogP contribution < -0.4 is 11.3 Å². The lowest BCUT2D eigenvalue weighted by atomic mass is 10.2. The van der Waals surface area contributed by atoms with Gasteiger partial charge in [0.15, 0.2) is 0 Å². The molecule has 0 radical (unpaired) electrons. The fourth-order valence-corrected chi connectivity index (χ4v) is 1.75. The Hall–Kier alpha value is -1.46. The molecule has 1 heterocycles. The van der Waals surface area contributed by atoms with Gasteiger partial charge in [0, 0.05) is 18.8 Å². The fourth-order valence-electron chi connectivity index (χ4n) is 1.75. The van der Waals surface area contributed by atoms with Gasteiger partial charge in [0.2, 0.25) is 0 Å².